The minimum Gasteiger partial charge on any atom is -0.340 e. The second-order valence-electron chi connectivity index (χ2n) is 6.91. The van der Waals surface area contributed by atoms with Crippen molar-refractivity contribution >= 4 is 5.91 Å². The summed E-state index contributed by atoms with van der Waals surface area (Å²) >= 11 is 0. The van der Waals surface area contributed by atoms with Gasteiger partial charge in [-0.05, 0) is 22.3 Å². The van der Waals surface area contributed by atoms with E-state index in [0.29, 0.717) is 6.42 Å². The summed E-state index contributed by atoms with van der Waals surface area (Å²) < 4.78 is 0. The van der Waals surface area contributed by atoms with Crippen LogP contribution in [-0.2, 0) is 17.9 Å². The van der Waals surface area contributed by atoms with Crippen molar-refractivity contribution in [3.8, 4) is 11.1 Å². The Kier molecular flexibility index (Phi) is 4.81. The summed E-state index contributed by atoms with van der Waals surface area (Å²) in [4.78, 5) is 16.9. The summed E-state index contributed by atoms with van der Waals surface area (Å²) in [5, 5.41) is 3.30. The Balaban J connectivity index is 1.49. The number of fused-ring (bicyclic) bond motifs is 3. The van der Waals surface area contributed by atoms with Crippen LogP contribution in [0.2, 0.25) is 0 Å². The van der Waals surface area contributed by atoms with Crippen molar-refractivity contribution in [2.45, 2.75) is 19.5 Å². The molecule has 0 spiro atoms. The number of nitrogens with zero attached hydrogens (tertiary/aromatic N) is 2. The minimum absolute atomic E-state index is 0.285. The zero-order chi connectivity index (χ0) is 17.1. The second-order valence-corrected chi connectivity index (χ2v) is 6.91. The van der Waals surface area contributed by atoms with E-state index in [0.717, 1.165) is 45.8 Å². The number of amides is 1. The van der Waals surface area contributed by atoms with E-state index in [4.69, 9.17) is 0 Å². The molecule has 1 N–H and O–H groups in total. The van der Waals surface area contributed by atoms with Crippen molar-refractivity contribution in [3.05, 3.63) is 59.7 Å². The number of rotatable bonds is 3. The van der Waals surface area contributed by atoms with Crippen LogP contribution in [0.1, 0.15) is 17.5 Å². The van der Waals surface area contributed by atoms with Gasteiger partial charge in [0.1, 0.15) is 0 Å². The molecule has 1 amide bonds. The highest BCUT2D eigenvalue weighted by molar-refractivity contribution is 5.76. The maximum atomic E-state index is 12.5. The smallest absolute Gasteiger partial charge is 0.223 e. The zero-order valence-corrected chi connectivity index (χ0v) is 14.6. The number of piperazine rings is 1. The van der Waals surface area contributed by atoms with Crippen LogP contribution in [-0.4, -0.2) is 48.4 Å². The number of benzene rings is 2. The Morgan fingerprint density at radius 3 is 2.04 bits per heavy atom. The topological polar surface area (TPSA) is 35.6 Å². The third kappa shape index (κ3) is 3.60. The van der Waals surface area contributed by atoms with Gasteiger partial charge in [-0.1, -0.05) is 48.5 Å². The van der Waals surface area contributed by atoms with Crippen LogP contribution in [0.5, 0.6) is 0 Å². The first-order valence-electron chi connectivity index (χ1n) is 9.18. The lowest BCUT2D eigenvalue weighted by Crippen LogP contribution is -2.47. The predicted octanol–water partition coefficient (Wildman–Crippen LogP) is 2.49. The Morgan fingerprint density at radius 2 is 1.44 bits per heavy atom. The third-order valence-corrected chi connectivity index (χ3v) is 5.22. The van der Waals surface area contributed by atoms with E-state index >= 15 is 0 Å². The fraction of sp³-hybridized carbons (Fsp3) is 0.381. The Hall–Kier alpha value is -2.17. The lowest BCUT2D eigenvalue weighted by Gasteiger charge is -2.28. The van der Waals surface area contributed by atoms with Crippen molar-refractivity contribution in [2.24, 2.45) is 0 Å². The van der Waals surface area contributed by atoms with Crippen molar-refractivity contribution < 1.29 is 4.79 Å². The molecular weight excluding hydrogens is 310 g/mol. The molecule has 1 saturated heterocycles. The molecule has 2 aliphatic rings. The number of hydrogen-bond donors (Lipinski definition) is 1. The van der Waals surface area contributed by atoms with Crippen molar-refractivity contribution in [1.29, 1.82) is 0 Å². The standard InChI is InChI=1S/C21H25N3O/c25-21(24-13-10-22-11-14-24)9-12-23-15-17-5-1-3-7-19(17)20-8-4-2-6-18(20)16-23/h1-8,22H,9-16H2. The molecule has 1 fully saturated rings. The van der Waals surface area contributed by atoms with Gasteiger partial charge < -0.3 is 10.2 Å². The van der Waals surface area contributed by atoms with E-state index in [1.54, 1.807) is 0 Å². The summed E-state index contributed by atoms with van der Waals surface area (Å²) in [6.07, 6.45) is 0.602. The van der Waals surface area contributed by atoms with Gasteiger partial charge in [-0.3, -0.25) is 9.69 Å². The molecular formula is C21H25N3O. The summed E-state index contributed by atoms with van der Waals surface area (Å²) in [5.41, 5.74) is 5.35. The minimum atomic E-state index is 0.285. The van der Waals surface area contributed by atoms with Gasteiger partial charge in [0.2, 0.25) is 5.91 Å². The van der Waals surface area contributed by atoms with Gasteiger partial charge in [0, 0.05) is 52.2 Å². The van der Waals surface area contributed by atoms with Gasteiger partial charge in [0.15, 0.2) is 0 Å². The van der Waals surface area contributed by atoms with E-state index in [-0.39, 0.29) is 5.91 Å². The van der Waals surface area contributed by atoms with Crippen molar-refractivity contribution in [1.82, 2.24) is 15.1 Å². The molecule has 4 heteroatoms. The first kappa shape index (κ1) is 16.3. The van der Waals surface area contributed by atoms with Crippen molar-refractivity contribution in [3.63, 3.8) is 0 Å². The highest BCUT2D eigenvalue weighted by Crippen LogP contribution is 2.32. The van der Waals surface area contributed by atoms with E-state index < -0.39 is 0 Å². The molecule has 0 radical (unpaired) electrons. The normalized spacial score (nSPS) is 17.5. The average molecular weight is 335 g/mol. The van der Waals surface area contributed by atoms with Crippen LogP contribution in [0.4, 0.5) is 0 Å². The first-order chi connectivity index (χ1) is 12.3. The lowest BCUT2D eigenvalue weighted by molar-refractivity contribution is -0.132. The maximum absolute atomic E-state index is 12.5. The molecule has 2 aromatic carbocycles. The molecule has 4 rings (SSSR count). The Bertz CT molecular complexity index is 705. The van der Waals surface area contributed by atoms with Gasteiger partial charge in [-0.2, -0.15) is 0 Å². The number of carbonyl (C=O) groups excluding carboxylic acids is 1. The summed E-state index contributed by atoms with van der Waals surface area (Å²) in [7, 11) is 0. The Labute approximate surface area is 149 Å². The van der Waals surface area contributed by atoms with Crippen molar-refractivity contribution in [2.75, 3.05) is 32.7 Å². The van der Waals surface area contributed by atoms with Crippen LogP contribution in [0, 0.1) is 0 Å². The SMILES string of the molecule is O=C(CCN1Cc2ccccc2-c2ccccc2C1)N1CCNCC1. The highest BCUT2D eigenvalue weighted by atomic mass is 16.2. The fourth-order valence-corrected chi connectivity index (χ4v) is 3.86. The third-order valence-electron chi connectivity index (χ3n) is 5.22. The number of hydrogen-bond acceptors (Lipinski definition) is 3. The molecule has 0 aromatic heterocycles. The van der Waals surface area contributed by atoms with Crippen LogP contribution < -0.4 is 5.32 Å². The molecule has 2 aromatic rings. The van der Waals surface area contributed by atoms with Crippen LogP contribution in [0.25, 0.3) is 11.1 Å². The van der Waals surface area contributed by atoms with E-state index in [9.17, 15) is 4.79 Å². The Morgan fingerprint density at radius 1 is 0.880 bits per heavy atom. The fourth-order valence-electron chi connectivity index (χ4n) is 3.86. The average Bonchev–Trinajstić information content (AvgIpc) is 2.83. The molecule has 0 atom stereocenters. The van der Waals surface area contributed by atoms with Crippen LogP contribution in [0.15, 0.2) is 48.5 Å². The second kappa shape index (κ2) is 7.38. The van der Waals surface area contributed by atoms with Crippen LogP contribution in [0.3, 0.4) is 0 Å². The monoisotopic (exact) mass is 335 g/mol. The molecule has 0 aliphatic carbocycles. The molecule has 4 nitrogen and oxygen atoms in total. The first-order valence-corrected chi connectivity index (χ1v) is 9.18. The number of carbonyl (C=O) groups is 1. The van der Waals surface area contributed by atoms with Crippen LogP contribution >= 0.6 is 0 Å². The maximum Gasteiger partial charge on any atom is 0.223 e. The summed E-state index contributed by atoms with van der Waals surface area (Å²) in [6, 6.07) is 17.3. The van der Waals surface area contributed by atoms with Gasteiger partial charge >= 0.3 is 0 Å². The molecule has 0 saturated carbocycles. The largest absolute Gasteiger partial charge is 0.340 e. The van der Waals surface area contributed by atoms with Gasteiger partial charge in [-0.15, -0.1) is 0 Å². The molecule has 25 heavy (non-hydrogen) atoms. The van der Waals surface area contributed by atoms with Gasteiger partial charge in [0.25, 0.3) is 0 Å². The summed E-state index contributed by atoms with van der Waals surface area (Å²) in [5.74, 6) is 0.285. The van der Waals surface area contributed by atoms with Gasteiger partial charge in [-0.25, -0.2) is 0 Å². The quantitative estimate of drug-likeness (QED) is 0.936. The summed E-state index contributed by atoms with van der Waals surface area (Å²) in [6.45, 7) is 6.12. The highest BCUT2D eigenvalue weighted by Gasteiger charge is 2.21. The molecule has 0 unspecified atom stereocenters. The predicted molar refractivity (Wildman–Crippen MR) is 100 cm³/mol. The molecule has 2 aliphatic heterocycles. The number of nitrogens with one attached hydrogen (secondary N) is 1. The molecule has 0 bridgehead atoms. The molecule has 2 heterocycles. The molecule has 130 valence electrons. The van der Waals surface area contributed by atoms with Gasteiger partial charge in [0.05, 0.1) is 0 Å². The van der Waals surface area contributed by atoms with E-state index in [1.807, 2.05) is 4.90 Å². The van der Waals surface area contributed by atoms with E-state index in [2.05, 4.69) is 58.7 Å². The lowest BCUT2D eigenvalue weighted by atomic mass is 9.97. The zero-order valence-electron chi connectivity index (χ0n) is 14.6. The van der Waals surface area contributed by atoms with E-state index in [1.165, 1.54) is 22.3 Å².